The Morgan fingerprint density at radius 1 is 1.35 bits per heavy atom. The minimum Gasteiger partial charge on any atom is -0.477 e. The Morgan fingerprint density at radius 2 is 2.12 bits per heavy atom. The van der Waals surface area contributed by atoms with Gasteiger partial charge in [0.05, 0.1) is 19.0 Å². The van der Waals surface area contributed by atoms with Gasteiger partial charge in [0.15, 0.2) is 0 Å². The van der Waals surface area contributed by atoms with Gasteiger partial charge < -0.3 is 10.1 Å². The third-order valence-corrected chi connectivity index (χ3v) is 1.82. The van der Waals surface area contributed by atoms with Crippen molar-refractivity contribution in [2.75, 3.05) is 18.5 Å². The third kappa shape index (κ3) is 5.94. The zero-order valence-electron chi connectivity index (χ0n) is 9.42. The van der Waals surface area contributed by atoms with Gasteiger partial charge in [0.1, 0.15) is 5.82 Å². The van der Waals surface area contributed by atoms with Crippen molar-refractivity contribution in [3.8, 4) is 5.88 Å². The van der Waals surface area contributed by atoms with Gasteiger partial charge in [-0.25, -0.2) is 0 Å². The molecular formula is C10H14F3N3O. The molecule has 1 heterocycles. The average molecular weight is 249 g/mol. The molecule has 1 rings (SSSR count). The topological polar surface area (TPSA) is 47.0 Å². The summed E-state index contributed by atoms with van der Waals surface area (Å²) in [5.41, 5.74) is 0. The monoisotopic (exact) mass is 249 g/mol. The van der Waals surface area contributed by atoms with E-state index in [1.165, 1.54) is 12.4 Å². The van der Waals surface area contributed by atoms with E-state index >= 15 is 0 Å². The first-order valence-electron chi connectivity index (χ1n) is 5.26. The molecule has 0 radical (unpaired) electrons. The van der Waals surface area contributed by atoms with E-state index in [-0.39, 0.29) is 18.9 Å². The molecule has 1 N–H and O–H groups in total. The van der Waals surface area contributed by atoms with E-state index < -0.39 is 12.6 Å². The van der Waals surface area contributed by atoms with Crippen LogP contribution in [-0.2, 0) is 0 Å². The van der Waals surface area contributed by atoms with Crippen molar-refractivity contribution in [2.45, 2.75) is 25.9 Å². The molecule has 17 heavy (non-hydrogen) atoms. The van der Waals surface area contributed by atoms with Crippen LogP contribution in [0.1, 0.15) is 19.8 Å². The van der Waals surface area contributed by atoms with Crippen molar-refractivity contribution in [1.82, 2.24) is 9.97 Å². The van der Waals surface area contributed by atoms with E-state index in [1.807, 2.05) is 6.92 Å². The predicted molar refractivity (Wildman–Crippen MR) is 57.0 cm³/mol. The van der Waals surface area contributed by atoms with Gasteiger partial charge >= 0.3 is 6.18 Å². The van der Waals surface area contributed by atoms with E-state index in [1.54, 1.807) is 0 Å². The van der Waals surface area contributed by atoms with Crippen molar-refractivity contribution in [1.29, 1.82) is 0 Å². The smallest absolute Gasteiger partial charge is 0.389 e. The van der Waals surface area contributed by atoms with Gasteiger partial charge in [-0.1, -0.05) is 0 Å². The van der Waals surface area contributed by atoms with Crippen molar-refractivity contribution in [3.05, 3.63) is 12.4 Å². The zero-order chi connectivity index (χ0) is 12.7. The first-order chi connectivity index (χ1) is 8.01. The SMILES string of the molecule is CCNc1cncc(OCCCC(F)(F)F)n1. The second-order valence-corrected chi connectivity index (χ2v) is 3.34. The molecule has 0 aliphatic carbocycles. The van der Waals surface area contributed by atoms with Crippen LogP contribution in [0.3, 0.4) is 0 Å². The lowest BCUT2D eigenvalue weighted by Crippen LogP contribution is -2.10. The van der Waals surface area contributed by atoms with Gasteiger partial charge in [0.2, 0.25) is 5.88 Å². The molecular weight excluding hydrogens is 235 g/mol. The van der Waals surface area contributed by atoms with Gasteiger partial charge in [-0.15, -0.1) is 0 Å². The summed E-state index contributed by atoms with van der Waals surface area (Å²) >= 11 is 0. The first-order valence-corrected chi connectivity index (χ1v) is 5.26. The fraction of sp³-hybridized carbons (Fsp3) is 0.600. The number of halogens is 3. The van der Waals surface area contributed by atoms with Crippen molar-refractivity contribution >= 4 is 5.82 Å². The van der Waals surface area contributed by atoms with E-state index in [0.29, 0.717) is 12.4 Å². The summed E-state index contributed by atoms with van der Waals surface area (Å²) in [6, 6.07) is 0. The summed E-state index contributed by atoms with van der Waals surface area (Å²) in [7, 11) is 0. The Morgan fingerprint density at radius 3 is 2.76 bits per heavy atom. The van der Waals surface area contributed by atoms with Crippen LogP contribution >= 0.6 is 0 Å². The summed E-state index contributed by atoms with van der Waals surface area (Å²) in [5, 5.41) is 2.93. The number of aromatic nitrogens is 2. The minimum absolute atomic E-state index is 0.0240. The number of hydrogen-bond acceptors (Lipinski definition) is 4. The summed E-state index contributed by atoms with van der Waals surface area (Å²) in [5.74, 6) is 0.770. The Balaban J connectivity index is 2.34. The van der Waals surface area contributed by atoms with Crippen LogP contribution in [0.25, 0.3) is 0 Å². The normalized spacial score (nSPS) is 11.3. The molecule has 0 saturated heterocycles. The molecule has 0 unspecified atom stereocenters. The van der Waals surface area contributed by atoms with Crippen LogP contribution in [0, 0.1) is 0 Å². The van der Waals surface area contributed by atoms with Crippen LogP contribution in [0.2, 0.25) is 0 Å². The first kappa shape index (κ1) is 13.5. The van der Waals surface area contributed by atoms with E-state index in [4.69, 9.17) is 4.74 Å². The molecule has 4 nitrogen and oxygen atoms in total. The average Bonchev–Trinajstić information content (AvgIpc) is 2.24. The molecule has 7 heteroatoms. The van der Waals surface area contributed by atoms with Gasteiger partial charge in [-0.3, -0.25) is 4.98 Å². The summed E-state index contributed by atoms with van der Waals surface area (Å²) < 4.78 is 40.6. The standard InChI is InChI=1S/C10H14F3N3O/c1-2-15-8-6-14-7-9(16-8)17-5-3-4-10(11,12)13/h6-7H,2-5H2,1H3,(H,15,16). The fourth-order valence-electron chi connectivity index (χ4n) is 1.13. The Bertz CT molecular complexity index is 344. The molecule has 0 saturated carbocycles. The molecule has 1 aromatic rings. The van der Waals surface area contributed by atoms with Crippen molar-refractivity contribution in [3.63, 3.8) is 0 Å². The number of ether oxygens (including phenoxy) is 1. The molecule has 0 aromatic carbocycles. The van der Waals surface area contributed by atoms with Gasteiger partial charge in [0.25, 0.3) is 0 Å². The van der Waals surface area contributed by atoms with Crippen LogP contribution in [0.5, 0.6) is 5.88 Å². The Hall–Kier alpha value is -1.53. The zero-order valence-corrected chi connectivity index (χ0v) is 9.42. The predicted octanol–water partition coefficient (Wildman–Crippen LogP) is 2.63. The molecule has 1 aromatic heterocycles. The highest BCUT2D eigenvalue weighted by Crippen LogP contribution is 2.21. The maximum atomic E-state index is 11.9. The maximum absolute atomic E-state index is 11.9. The van der Waals surface area contributed by atoms with E-state index in [9.17, 15) is 13.2 Å². The number of nitrogens with zero attached hydrogens (tertiary/aromatic N) is 2. The molecule has 0 aliphatic heterocycles. The fourth-order valence-corrected chi connectivity index (χ4v) is 1.13. The summed E-state index contributed by atoms with van der Waals surface area (Å²) in [6.07, 6.45) is -2.19. The summed E-state index contributed by atoms with van der Waals surface area (Å²) in [4.78, 5) is 7.88. The number of hydrogen-bond donors (Lipinski definition) is 1. The lowest BCUT2D eigenvalue weighted by Gasteiger charge is -2.08. The maximum Gasteiger partial charge on any atom is 0.389 e. The van der Waals surface area contributed by atoms with Gasteiger partial charge in [-0.2, -0.15) is 18.2 Å². The van der Waals surface area contributed by atoms with Crippen molar-refractivity contribution in [2.24, 2.45) is 0 Å². The molecule has 0 fully saturated rings. The molecule has 0 amide bonds. The second kappa shape index (κ2) is 6.27. The molecule has 0 aliphatic rings. The van der Waals surface area contributed by atoms with Crippen LogP contribution in [0.4, 0.5) is 19.0 Å². The lowest BCUT2D eigenvalue weighted by molar-refractivity contribution is -0.136. The highest BCUT2D eigenvalue weighted by Gasteiger charge is 2.26. The van der Waals surface area contributed by atoms with Gasteiger partial charge in [0, 0.05) is 13.0 Å². The highest BCUT2D eigenvalue weighted by molar-refractivity contribution is 5.32. The van der Waals surface area contributed by atoms with E-state index in [0.717, 1.165) is 0 Å². The number of rotatable bonds is 6. The van der Waals surface area contributed by atoms with Crippen LogP contribution in [0.15, 0.2) is 12.4 Å². The Kier molecular flexibility index (Phi) is 4.99. The largest absolute Gasteiger partial charge is 0.477 e. The molecule has 0 spiro atoms. The van der Waals surface area contributed by atoms with Crippen LogP contribution < -0.4 is 10.1 Å². The Labute approximate surface area is 97.2 Å². The minimum atomic E-state index is -4.14. The number of nitrogens with one attached hydrogen (secondary N) is 1. The van der Waals surface area contributed by atoms with Crippen LogP contribution in [-0.4, -0.2) is 29.3 Å². The third-order valence-electron chi connectivity index (χ3n) is 1.82. The molecule has 0 atom stereocenters. The van der Waals surface area contributed by atoms with Gasteiger partial charge in [-0.05, 0) is 13.3 Å². The summed E-state index contributed by atoms with van der Waals surface area (Å²) in [6.45, 7) is 2.56. The number of anilines is 1. The van der Waals surface area contributed by atoms with Crippen molar-refractivity contribution < 1.29 is 17.9 Å². The molecule has 96 valence electrons. The number of alkyl halides is 3. The quantitative estimate of drug-likeness (QED) is 0.787. The second-order valence-electron chi connectivity index (χ2n) is 3.34. The highest BCUT2D eigenvalue weighted by atomic mass is 19.4. The lowest BCUT2D eigenvalue weighted by atomic mass is 10.3. The molecule has 0 bridgehead atoms. The van der Waals surface area contributed by atoms with E-state index in [2.05, 4.69) is 15.3 Å².